The average Bonchev–Trinajstić information content (AvgIpc) is 2.32. The van der Waals surface area contributed by atoms with Crippen LogP contribution in [0.5, 0.6) is 0 Å². The zero-order valence-corrected chi connectivity index (χ0v) is 8.83. The van der Waals surface area contributed by atoms with E-state index in [4.69, 9.17) is 0 Å². The number of halogens is 1. The molecule has 1 aliphatic rings. The topological polar surface area (TPSA) is 20.3 Å². The van der Waals surface area contributed by atoms with E-state index in [0.29, 0.717) is 6.42 Å². The van der Waals surface area contributed by atoms with Gasteiger partial charge in [-0.2, -0.15) is 0 Å². The number of fused-ring (bicyclic) bond motifs is 1. The number of anilines is 1. The molecule has 2 rings (SSSR count). The summed E-state index contributed by atoms with van der Waals surface area (Å²) in [5, 5.41) is 0. The van der Waals surface area contributed by atoms with Crippen molar-refractivity contribution in [1.29, 1.82) is 0 Å². The molecule has 0 aromatic heterocycles. The third-order valence-corrected chi connectivity index (χ3v) is 3.20. The van der Waals surface area contributed by atoms with E-state index in [2.05, 4.69) is 0 Å². The summed E-state index contributed by atoms with van der Waals surface area (Å²) in [4.78, 5) is 11.3. The molecule has 0 atom stereocenters. The standard InChI is InChI=1S/C9H8INO/c1-6-3-2-4-8-7(6)5-9(12)11(8)10/h2-4H,5H2,1H3. The smallest absolute Gasteiger partial charge is 0.240 e. The average molecular weight is 273 g/mol. The van der Waals surface area contributed by atoms with Crippen molar-refractivity contribution in [2.45, 2.75) is 13.3 Å². The first-order valence-electron chi connectivity index (χ1n) is 3.77. The lowest BCUT2D eigenvalue weighted by atomic mass is 10.1. The van der Waals surface area contributed by atoms with Gasteiger partial charge in [0.1, 0.15) is 0 Å². The van der Waals surface area contributed by atoms with Crippen LogP contribution >= 0.6 is 22.9 Å². The quantitative estimate of drug-likeness (QED) is 0.524. The van der Waals surface area contributed by atoms with Gasteiger partial charge in [0.15, 0.2) is 0 Å². The number of carbonyl (C=O) groups excluding carboxylic acids is 1. The lowest BCUT2D eigenvalue weighted by Gasteiger charge is -2.06. The second-order valence-corrected chi connectivity index (χ2v) is 3.89. The van der Waals surface area contributed by atoms with Crippen molar-refractivity contribution in [2.24, 2.45) is 0 Å². The maximum Gasteiger partial charge on any atom is 0.240 e. The highest BCUT2D eigenvalue weighted by atomic mass is 127. The maximum absolute atomic E-state index is 11.3. The van der Waals surface area contributed by atoms with E-state index in [9.17, 15) is 4.79 Å². The largest absolute Gasteiger partial charge is 0.273 e. The Morgan fingerprint density at radius 1 is 1.50 bits per heavy atom. The van der Waals surface area contributed by atoms with Gasteiger partial charge in [-0.25, -0.2) is 0 Å². The molecule has 2 nitrogen and oxygen atoms in total. The molecule has 0 bridgehead atoms. The summed E-state index contributed by atoms with van der Waals surface area (Å²) in [6.07, 6.45) is 0.560. The number of hydrogen-bond acceptors (Lipinski definition) is 1. The van der Waals surface area contributed by atoms with Crippen LogP contribution in [-0.2, 0) is 11.2 Å². The predicted molar refractivity (Wildman–Crippen MR) is 56.4 cm³/mol. The molecule has 1 aliphatic heterocycles. The normalized spacial score (nSPS) is 15.2. The Morgan fingerprint density at radius 3 is 2.92 bits per heavy atom. The number of nitrogens with zero attached hydrogens (tertiary/aromatic N) is 1. The molecule has 0 saturated heterocycles. The molecule has 1 aromatic rings. The molecule has 0 spiro atoms. The van der Waals surface area contributed by atoms with Crippen LogP contribution in [0.2, 0.25) is 0 Å². The molecular weight excluding hydrogens is 265 g/mol. The Morgan fingerprint density at radius 2 is 2.25 bits per heavy atom. The maximum atomic E-state index is 11.3. The van der Waals surface area contributed by atoms with Gasteiger partial charge in [0.25, 0.3) is 0 Å². The number of hydrogen-bond donors (Lipinski definition) is 0. The first-order valence-corrected chi connectivity index (χ1v) is 4.74. The van der Waals surface area contributed by atoms with Crippen molar-refractivity contribution in [3.8, 4) is 0 Å². The van der Waals surface area contributed by atoms with E-state index in [-0.39, 0.29) is 5.91 Å². The van der Waals surface area contributed by atoms with Crippen LogP contribution < -0.4 is 3.11 Å². The van der Waals surface area contributed by atoms with Crippen molar-refractivity contribution in [1.82, 2.24) is 0 Å². The van der Waals surface area contributed by atoms with Crippen LogP contribution in [0.25, 0.3) is 0 Å². The van der Waals surface area contributed by atoms with E-state index in [1.807, 2.05) is 48.0 Å². The highest BCUT2D eigenvalue weighted by molar-refractivity contribution is 14.1. The van der Waals surface area contributed by atoms with Crippen molar-refractivity contribution in [3.63, 3.8) is 0 Å². The van der Waals surface area contributed by atoms with Gasteiger partial charge in [-0.3, -0.25) is 7.91 Å². The zero-order chi connectivity index (χ0) is 8.72. The molecule has 1 amide bonds. The highest BCUT2D eigenvalue weighted by Gasteiger charge is 2.25. The number of benzene rings is 1. The highest BCUT2D eigenvalue weighted by Crippen LogP contribution is 2.33. The van der Waals surface area contributed by atoms with Gasteiger partial charge in [-0.1, -0.05) is 12.1 Å². The fraction of sp³-hybridized carbons (Fsp3) is 0.222. The predicted octanol–water partition coefficient (Wildman–Crippen LogP) is 2.23. The summed E-state index contributed by atoms with van der Waals surface area (Å²) in [5.74, 6) is 0.180. The van der Waals surface area contributed by atoms with Crippen LogP contribution in [0, 0.1) is 6.92 Å². The molecular formula is C9H8INO. The fourth-order valence-corrected chi connectivity index (χ4v) is 2.08. The van der Waals surface area contributed by atoms with Gasteiger partial charge >= 0.3 is 0 Å². The fourth-order valence-electron chi connectivity index (χ4n) is 1.46. The number of aryl methyl sites for hydroxylation is 1. The van der Waals surface area contributed by atoms with E-state index in [1.165, 1.54) is 11.1 Å². The monoisotopic (exact) mass is 273 g/mol. The van der Waals surface area contributed by atoms with Crippen LogP contribution in [0.4, 0.5) is 5.69 Å². The van der Waals surface area contributed by atoms with Crippen LogP contribution in [0.15, 0.2) is 18.2 Å². The van der Waals surface area contributed by atoms with E-state index in [0.717, 1.165) is 5.69 Å². The molecule has 0 radical (unpaired) electrons. The second-order valence-electron chi connectivity index (χ2n) is 2.92. The van der Waals surface area contributed by atoms with Crippen LogP contribution in [0.3, 0.4) is 0 Å². The van der Waals surface area contributed by atoms with Gasteiger partial charge in [0.05, 0.1) is 35.0 Å². The Hall–Kier alpha value is -0.580. The molecule has 0 saturated carbocycles. The Balaban J connectivity index is 2.60. The van der Waals surface area contributed by atoms with Gasteiger partial charge in [0.2, 0.25) is 5.91 Å². The number of amides is 1. The van der Waals surface area contributed by atoms with Gasteiger partial charge in [-0.15, -0.1) is 0 Å². The summed E-state index contributed by atoms with van der Waals surface area (Å²) in [6, 6.07) is 6.01. The second kappa shape index (κ2) is 2.73. The first-order chi connectivity index (χ1) is 5.70. The Bertz CT molecular complexity index is 348. The molecule has 1 heterocycles. The minimum atomic E-state index is 0.180. The summed E-state index contributed by atoms with van der Waals surface area (Å²) >= 11 is 2.05. The van der Waals surface area contributed by atoms with Gasteiger partial charge in [0, 0.05) is 0 Å². The lowest BCUT2D eigenvalue weighted by molar-refractivity contribution is -0.115. The third kappa shape index (κ3) is 1.03. The van der Waals surface area contributed by atoms with Gasteiger partial charge < -0.3 is 0 Å². The first kappa shape index (κ1) is 8.04. The molecule has 0 unspecified atom stereocenters. The van der Waals surface area contributed by atoms with Crippen LogP contribution in [0.1, 0.15) is 11.1 Å². The molecule has 62 valence electrons. The minimum absolute atomic E-state index is 0.180. The third-order valence-electron chi connectivity index (χ3n) is 2.14. The Labute approximate surface area is 85.1 Å². The van der Waals surface area contributed by atoms with Crippen molar-refractivity contribution < 1.29 is 4.79 Å². The van der Waals surface area contributed by atoms with Crippen molar-refractivity contribution in [2.75, 3.05) is 3.11 Å². The summed E-state index contributed by atoms with van der Waals surface area (Å²) in [7, 11) is 0. The summed E-state index contributed by atoms with van der Waals surface area (Å²) in [5.41, 5.74) is 3.44. The van der Waals surface area contributed by atoms with Gasteiger partial charge in [-0.05, 0) is 24.1 Å². The van der Waals surface area contributed by atoms with Crippen LogP contribution in [-0.4, -0.2) is 5.91 Å². The molecule has 0 aliphatic carbocycles. The SMILES string of the molecule is Cc1cccc2c1CC(=O)N2I. The molecule has 3 heteroatoms. The summed E-state index contributed by atoms with van der Waals surface area (Å²) < 4.78 is 1.69. The molecule has 0 N–H and O–H groups in total. The van der Waals surface area contributed by atoms with E-state index in [1.54, 1.807) is 3.11 Å². The van der Waals surface area contributed by atoms with Crippen molar-refractivity contribution in [3.05, 3.63) is 29.3 Å². The molecule has 1 aromatic carbocycles. The summed E-state index contributed by atoms with van der Waals surface area (Å²) in [6.45, 7) is 2.04. The number of rotatable bonds is 0. The number of carbonyl (C=O) groups is 1. The molecule has 12 heavy (non-hydrogen) atoms. The Kier molecular flexibility index (Phi) is 1.83. The lowest BCUT2D eigenvalue weighted by Crippen LogP contribution is -2.13. The minimum Gasteiger partial charge on any atom is -0.273 e. The van der Waals surface area contributed by atoms with E-state index < -0.39 is 0 Å². The van der Waals surface area contributed by atoms with E-state index >= 15 is 0 Å². The zero-order valence-electron chi connectivity index (χ0n) is 6.67. The molecule has 0 fully saturated rings. The van der Waals surface area contributed by atoms with Crippen molar-refractivity contribution >= 4 is 34.5 Å².